The van der Waals surface area contributed by atoms with Crippen molar-refractivity contribution < 1.29 is 27.5 Å². The third-order valence-electron chi connectivity index (χ3n) is 4.87. The van der Waals surface area contributed by atoms with Gasteiger partial charge < -0.3 is 14.6 Å². The average molecular weight is 422 g/mol. The number of carbonyl (C=O) groups is 2. The van der Waals surface area contributed by atoms with Crippen molar-refractivity contribution >= 4 is 11.7 Å². The normalized spacial score (nSPS) is 15.5. The Labute approximate surface area is 170 Å². The number of pyridine rings is 1. The van der Waals surface area contributed by atoms with Crippen LogP contribution >= 0.6 is 0 Å². The summed E-state index contributed by atoms with van der Waals surface area (Å²) in [4.78, 5) is 41.6. The Bertz CT molecular complexity index is 1040. The van der Waals surface area contributed by atoms with Gasteiger partial charge in [0.1, 0.15) is 11.3 Å². The van der Waals surface area contributed by atoms with Crippen LogP contribution in [0.3, 0.4) is 0 Å². The van der Waals surface area contributed by atoms with Crippen molar-refractivity contribution in [2.75, 3.05) is 7.05 Å². The number of ketones is 1. The number of alkyl halides is 3. The Morgan fingerprint density at radius 1 is 1.17 bits per heavy atom. The van der Waals surface area contributed by atoms with E-state index in [0.29, 0.717) is 29.7 Å². The van der Waals surface area contributed by atoms with Crippen LogP contribution in [-0.4, -0.2) is 35.0 Å². The molecule has 0 saturated carbocycles. The van der Waals surface area contributed by atoms with E-state index >= 15 is 0 Å². The molecular formula is C21H21F3N2O4. The lowest BCUT2D eigenvalue weighted by molar-refractivity contribution is -0.274. The number of aromatic amines is 1. The SMILES string of the molecule is CN(Cc1ccc(OC(F)(F)F)cc1)C(=O)c1cc2c([nH]c1=O)CC(C)(C)CC2=O. The summed E-state index contributed by atoms with van der Waals surface area (Å²) in [5.74, 6) is -1.09. The maximum Gasteiger partial charge on any atom is 0.573 e. The maximum atomic E-state index is 12.8. The first kappa shape index (κ1) is 21.6. The largest absolute Gasteiger partial charge is 0.573 e. The van der Waals surface area contributed by atoms with E-state index in [0.717, 1.165) is 12.1 Å². The van der Waals surface area contributed by atoms with Crippen LogP contribution in [0.25, 0.3) is 0 Å². The van der Waals surface area contributed by atoms with Gasteiger partial charge in [0.05, 0.1) is 0 Å². The monoisotopic (exact) mass is 422 g/mol. The van der Waals surface area contributed by atoms with Crippen LogP contribution in [0.2, 0.25) is 0 Å². The number of halogens is 3. The van der Waals surface area contributed by atoms with Gasteiger partial charge in [-0.2, -0.15) is 0 Å². The molecule has 1 aliphatic carbocycles. The number of nitrogens with one attached hydrogen (secondary N) is 1. The number of ether oxygens (including phenoxy) is 1. The molecule has 1 heterocycles. The second kappa shape index (κ2) is 7.62. The average Bonchev–Trinajstić information content (AvgIpc) is 2.60. The van der Waals surface area contributed by atoms with Crippen molar-refractivity contribution in [3.05, 3.63) is 63.1 Å². The summed E-state index contributed by atoms with van der Waals surface area (Å²) in [5.41, 5.74) is 0.427. The molecule has 9 heteroatoms. The van der Waals surface area contributed by atoms with Crippen molar-refractivity contribution in [3.63, 3.8) is 0 Å². The second-order valence-corrected chi connectivity index (χ2v) is 8.20. The molecule has 160 valence electrons. The molecule has 30 heavy (non-hydrogen) atoms. The van der Waals surface area contributed by atoms with Crippen molar-refractivity contribution in [1.82, 2.24) is 9.88 Å². The van der Waals surface area contributed by atoms with Gasteiger partial charge in [0.15, 0.2) is 5.78 Å². The van der Waals surface area contributed by atoms with Crippen molar-refractivity contribution in [2.45, 2.75) is 39.6 Å². The number of H-pyrrole nitrogens is 1. The van der Waals surface area contributed by atoms with Crippen LogP contribution in [0.1, 0.15) is 52.2 Å². The number of fused-ring (bicyclic) bond motifs is 1. The number of hydrogen-bond donors (Lipinski definition) is 1. The van der Waals surface area contributed by atoms with Gasteiger partial charge in [-0.05, 0) is 35.6 Å². The minimum atomic E-state index is -4.78. The molecule has 1 aromatic heterocycles. The van der Waals surface area contributed by atoms with E-state index in [1.54, 1.807) is 0 Å². The van der Waals surface area contributed by atoms with Gasteiger partial charge in [-0.1, -0.05) is 26.0 Å². The van der Waals surface area contributed by atoms with Crippen LogP contribution in [0.4, 0.5) is 13.2 Å². The lowest BCUT2D eigenvalue weighted by atomic mass is 9.75. The topological polar surface area (TPSA) is 79.5 Å². The Morgan fingerprint density at radius 3 is 2.40 bits per heavy atom. The standard InChI is InChI=1S/C21H21F3N2O4/c1-20(2)9-16-14(17(27)10-20)8-15(18(28)25-16)19(29)26(3)11-12-4-6-13(7-5-12)30-21(22,23)24/h4-8H,9-11H2,1-3H3,(H,25,28). The predicted octanol–water partition coefficient (Wildman–Crippen LogP) is 3.70. The maximum absolute atomic E-state index is 12.8. The Kier molecular flexibility index (Phi) is 5.49. The van der Waals surface area contributed by atoms with Gasteiger partial charge in [0, 0.05) is 31.3 Å². The van der Waals surface area contributed by atoms with E-state index in [2.05, 4.69) is 9.72 Å². The van der Waals surface area contributed by atoms with E-state index in [9.17, 15) is 27.6 Å². The number of nitrogens with zero attached hydrogens (tertiary/aromatic N) is 1. The molecule has 0 spiro atoms. The number of benzene rings is 1. The molecule has 1 aliphatic rings. The van der Waals surface area contributed by atoms with Crippen LogP contribution in [0, 0.1) is 5.41 Å². The summed E-state index contributed by atoms with van der Waals surface area (Å²) in [6.45, 7) is 3.93. The minimum Gasteiger partial charge on any atom is -0.406 e. The number of aromatic nitrogens is 1. The van der Waals surface area contributed by atoms with Crippen LogP contribution in [0.15, 0.2) is 35.1 Å². The summed E-state index contributed by atoms with van der Waals surface area (Å²) in [6.07, 6.45) is -3.93. The summed E-state index contributed by atoms with van der Waals surface area (Å²) in [6, 6.07) is 6.42. The Morgan fingerprint density at radius 2 is 1.80 bits per heavy atom. The van der Waals surface area contributed by atoms with E-state index in [4.69, 9.17) is 0 Å². The first-order valence-corrected chi connectivity index (χ1v) is 9.24. The number of Topliss-reactive ketones (excluding diaryl/α,β-unsaturated/α-hetero) is 1. The quantitative estimate of drug-likeness (QED) is 0.815. The molecule has 1 aromatic carbocycles. The fourth-order valence-corrected chi connectivity index (χ4v) is 3.53. The second-order valence-electron chi connectivity index (χ2n) is 8.20. The molecule has 3 rings (SSSR count). The molecule has 0 saturated heterocycles. The van der Waals surface area contributed by atoms with Gasteiger partial charge >= 0.3 is 6.36 Å². The van der Waals surface area contributed by atoms with E-state index in [1.165, 1.54) is 30.1 Å². The van der Waals surface area contributed by atoms with Gasteiger partial charge in [-0.3, -0.25) is 14.4 Å². The molecule has 0 aliphatic heterocycles. The third-order valence-corrected chi connectivity index (χ3v) is 4.87. The molecule has 0 radical (unpaired) electrons. The van der Waals surface area contributed by atoms with Crippen molar-refractivity contribution in [3.8, 4) is 5.75 Å². The zero-order valence-electron chi connectivity index (χ0n) is 16.7. The summed E-state index contributed by atoms with van der Waals surface area (Å²) in [7, 11) is 1.46. The molecule has 6 nitrogen and oxygen atoms in total. The molecule has 0 unspecified atom stereocenters. The molecular weight excluding hydrogens is 401 g/mol. The van der Waals surface area contributed by atoms with Gasteiger partial charge in [0.25, 0.3) is 11.5 Å². The van der Waals surface area contributed by atoms with E-state index < -0.39 is 17.8 Å². The smallest absolute Gasteiger partial charge is 0.406 e. The number of hydrogen-bond acceptors (Lipinski definition) is 4. The molecule has 1 amide bonds. The van der Waals surface area contributed by atoms with E-state index in [1.807, 2.05) is 13.8 Å². The first-order valence-electron chi connectivity index (χ1n) is 9.24. The number of carbonyl (C=O) groups excluding carboxylic acids is 2. The third kappa shape index (κ3) is 4.90. The summed E-state index contributed by atoms with van der Waals surface area (Å²) < 4.78 is 40.5. The van der Waals surface area contributed by atoms with Crippen LogP contribution < -0.4 is 10.3 Å². The number of rotatable bonds is 4. The lowest BCUT2D eigenvalue weighted by Crippen LogP contribution is -2.35. The first-order chi connectivity index (χ1) is 13.8. The highest BCUT2D eigenvalue weighted by Gasteiger charge is 2.33. The minimum absolute atomic E-state index is 0.0582. The Balaban J connectivity index is 1.78. The fourth-order valence-electron chi connectivity index (χ4n) is 3.53. The van der Waals surface area contributed by atoms with Crippen LogP contribution in [0.5, 0.6) is 5.75 Å². The molecule has 2 aromatic rings. The molecule has 0 fully saturated rings. The lowest BCUT2D eigenvalue weighted by Gasteiger charge is -2.30. The van der Waals surface area contributed by atoms with Gasteiger partial charge in [-0.15, -0.1) is 13.2 Å². The van der Waals surface area contributed by atoms with Gasteiger partial charge in [0.2, 0.25) is 0 Å². The summed E-state index contributed by atoms with van der Waals surface area (Å²) in [5, 5.41) is 0. The highest BCUT2D eigenvalue weighted by molar-refractivity contribution is 6.02. The molecule has 0 atom stereocenters. The zero-order chi connectivity index (χ0) is 22.3. The van der Waals surface area contributed by atoms with Gasteiger partial charge in [-0.25, -0.2) is 0 Å². The molecule has 0 bridgehead atoms. The van der Waals surface area contributed by atoms with Crippen LogP contribution in [-0.2, 0) is 13.0 Å². The van der Waals surface area contributed by atoms with Crippen molar-refractivity contribution in [2.24, 2.45) is 5.41 Å². The van der Waals surface area contributed by atoms with Crippen molar-refractivity contribution in [1.29, 1.82) is 0 Å². The van der Waals surface area contributed by atoms with E-state index in [-0.39, 0.29) is 29.1 Å². The predicted molar refractivity (Wildman–Crippen MR) is 102 cm³/mol. The fraction of sp³-hybridized carbons (Fsp3) is 0.381. The Hall–Kier alpha value is -3.10. The highest BCUT2D eigenvalue weighted by Crippen LogP contribution is 2.33. The number of amides is 1. The highest BCUT2D eigenvalue weighted by atomic mass is 19.4. The summed E-state index contributed by atoms with van der Waals surface area (Å²) >= 11 is 0. The molecule has 1 N–H and O–H groups in total. The zero-order valence-corrected chi connectivity index (χ0v) is 16.7.